The predicted molar refractivity (Wildman–Crippen MR) is 135 cm³/mol. The number of urea groups is 1. The van der Waals surface area contributed by atoms with Crippen LogP contribution in [0, 0.1) is 13.8 Å². The maximum atomic E-state index is 13.7. The largest absolute Gasteiger partial charge is 0.416 e. The number of nitrogens with one attached hydrogen (secondary N) is 2. The first-order valence-electron chi connectivity index (χ1n) is 11.5. The molecule has 1 atom stereocenters. The number of anilines is 1. The molecule has 1 heterocycles. The van der Waals surface area contributed by atoms with Crippen LogP contribution in [0.25, 0.3) is 0 Å². The average molecular weight is 490 g/mol. The average Bonchev–Trinajstić information content (AvgIpc) is 2.84. The summed E-state index contributed by atoms with van der Waals surface area (Å²) in [5.41, 5.74) is 1.50. The van der Waals surface area contributed by atoms with Crippen molar-refractivity contribution in [2.24, 2.45) is 0 Å². The molecule has 1 unspecified atom stereocenters. The second kappa shape index (κ2) is 10.2. The van der Waals surface area contributed by atoms with Crippen LogP contribution >= 0.6 is 0 Å². The van der Waals surface area contributed by atoms with Crippen molar-refractivity contribution in [3.63, 3.8) is 0 Å². The second-order valence-electron chi connectivity index (χ2n) is 8.76. The molecule has 0 aliphatic heterocycles. The van der Waals surface area contributed by atoms with Crippen molar-refractivity contribution < 1.29 is 18.0 Å². The predicted octanol–water partition coefficient (Wildman–Crippen LogP) is 7.03. The lowest BCUT2D eigenvalue weighted by molar-refractivity contribution is -0.137. The smallest absolute Gasteiger partial charge is 0.322 e. The Morgan fingerprint density at radius 1 is 0.806 bits per heavy atom. The molecule has 3 aromatic carbocycles. The van der Waals surface area contributed by atoms with Crippen LogP contribution in [0.1, 0.15) is 33.6 Å². The Balaban J connectivity index is 1.92. The normalized spacial score (nSPS) is 13.0. The lowest BCUT2D eigenvalue weighted by Crippen LogP contribution is -2.51. The van der Waals surface area contributed by atoms with Crippen LogP contribution in [-0.2, 0) is 18.1 Å². The second-order valence-corrected chi connectivity index (χ2v) is 8.76. The van der Waals surface area contributed by atoms with Gasteiger partial charge in [-0.1, -0.05) is 60.7 Å². The van der Waals surface area contributed by atoms with Crippen molar-refractivity contribution in [1.29, 1.82) is 0 Å². The number of benzene rings is 3. The molecule has 0 aliphatic carbocycles. The zero-order valence-corrected chi connectivity index (χ0v) is 19.9. The van der Waals surface area contributed by atoms with Gasteiger partial charge in [0.25, 0.3) is 0 Å². The molecular formula is C29H26F3N3O. The SMILES string of the molecule is Cc1cc(C)nc(C(Cc2ccccc2)(NC(=O)Nc2ccccc2)c2cccc(C(F)(F)F)c2)c1. The maximum Gasteiger partial charge on any atom is 0.416 e. The lowest BCUT2D eigenvalue weighted by Gasteiger charge is -2.36. The molecule has 0 radical (unpaired) electrons. The van der Waals surface area contributed by atoms with Gasteiger partial charge in [-0.15, -0.1) is 0 Å². The Labute approximate surface area is 208 Å². The van der Waals surface area contributed by atoms with Gasteiger partial charge < -0.3 is 10.6 Å². The highest BCUT2D eigenvalue weighted by atomic mass is 19.4. The third-order valence-electron chi connectivity index (χ3n) is 5.89. The summed E-state index contributed by atoms with van der Waals surface area (Å²) in [7, 11) is 0. The van der Waals surface area contributed by atoms with Gasteiger partial charge in [-0.2, -0.15) is 13.2 Å². The lowest BCUT2D eigenvalue weighted by atomic mass is 9.79. The third kappa shape index (κ3) is 5.74. The number of carbonyl (C=O) groups excluding carboxylic acids is 1. The van der Waals surface area contributed by atoms with Crippen molar-refractivity contribution in [1.82, 2.24) is 10.3 Å². The molecule has 4 aromatic rings. The summed E-state index contributed by atoms with van der Waals surface area (Å²) in [5.74, 6) is 0. The molecule has 1 aromatic heterocycles. The fourth-order valence-corrected chi connectivity index (χ4v) is 4.32. The van der Waals surface area contributed by atoms with Gasteiger partial charge in [0.05, 0.1) is 11.3 Å². The van der Waals surface area contributed by atoms with Crippen LogP contribution in [-0.4, -0.2) is 11.0 Å². The minimum atomic E-state index is -4.54. The number of aromatic nitrogens is 1. The molecule has 0 fully saturated rings. The molecule has 4 rings (SSSR count). The summed E-state index contributed by atoms with van der Waals surface area (Å²) in [6, 6.07) is 26.4. The molecule has 0 aliphatic rings. The molecule has 0 bridgehead atoms. The molecule has 36 heavy (non-hydrogen) atoms. The Hall–Kier alpha value is -4.13. The number of aryl methyl sites for hydroxylation is 2. The minimum absolute atomic E-state index is 0.188. The van der Waals surface area contributed by atoms with Crippen molar-refractivity contribution >= 4 is 11.7 Å². The van der Waals surface area contributed by atoms with Crippen molar-refractivity contribution in [2.45, 2.75) is 32.0 Å². The van der Waals surface area contributed by atoms with Crippen molar-refractivity contribution in [3.8, 4) is 0 Å². The summed E-state index contributed by atoms with van der Waals surface area (Å²) in [4.78, 5) is 18.1. The van der Waals surface area contributed by atoms with Crippen LogP contribution < -0.4 is 10.6 Å². The van der Waals surface area contributed by atoms with Crippen LogP contribution in [0.2, 0.25) is 0 Å². The van der Waals surface area contributed by atoms with E-state index in [1.165, 1.54) is 6.07 Å². The van der Waals surface area contributed by atoms with Gasteiger partial charge in [0, 0.05) is 17.8 Å². The van der Waals surface area contributed by atoms with Gasteiger partial charge >= 0.3 is 12.2 Å². The number of rotatable bonds is 6. The van der Waals surface area contributed by atoms with Crippen molar-refractivity contribution in [3.05, 3.63) is 131 Å². The van der Waals surface area contributed by atoms with E-state index in [4.69, 9.17) is 4.98 Å². The summed E-state index contributed by atoms with van der Waals surface area (Å²) in [6.45, 7) is 3.71. The van der Waals surface area contributed by atoms with Crippen molar-refractivity contribution in [2.75, 3.05) is 5.32 Å². The zero-order valence-electron chi connectivity index (χ0n) is 19.9. The molecule has 2 amide bonds. The first-order valence-corrected chi connectivity index (χ1v) is 11.5. The Bertz CT molecular complexity index is 1320. The number of amides is 2. The summed E-state index contributed by atoms with van der Waals surface area (Å²) in [6.07, 6.45) is -4.36. The Kier molecular flexibility index (Phi) is 7.10. The van der Waals surface area contributed by atoms with Gasteiger partial charge in [-0.3, -0.25) is 4.98 Å². The van der Waals surface area contributed by atoms with E-state index in [-0.39, 0.29) is 12.0 Å². The molecule has 184 valence electrons. The molecule has 0 spiro atoms. The van der Waals surface area contributed by atoms with Crippen LogP contribution in [0.15, 0.2) is 97.1 Å². The highest BCUT2D eigenvalue weighted by molar-refractivity contribution is 5.90. The fraction of sp³-hybridized carbons (Fsp3) is 0.172. The quantitative estimate of drug-likeness (QED) is 0.306. The number of pyridine rings is 1. The summed E-state index contributed by atoms with van der Waals surface area (Å²) < 4.78 is 41.2. The van der Waals surface area contributed by atoms with Crippen LogP contribution in [0.4, 0.5) is 23.7 Å². The zero-order chi connectivity index (χ0) is 25.8. The van der Waals surface area contributed by atoms with Gasteiger partial charge in [-0.25, -0.2) is 4.79 Å². The van der Waals surface area contributed by atoms with E-state index in [1.54, 1.807) is 36.4 Å². The van der Waals surface area contributed by atoms with E-state index in [2.05, 4.69) is 10.6 Å². The fourth-order valence-electron chi connectivity index (χ4n) is 4.32. The highest BCUT2D eigenvalue weighted by Gasteiger charge is 2.40. The minimum Gasteiger partial charge on any atom is -0.322 e. The van der Waals surface area contributed by atoms with E-state index in [0.717, 1.165) is 23.3 Å². The van der Waals surface area contributed by atoms with Crippen LogP contribution in [0.3, 0.4) is 0 Å². The Morgan fingerprint density at radius 2 is 1.44 bits per heavy atom. The highest BCUT2D eigenvalue weighted by Crippen LogP contribution is 2.37. The standard InChI is InChI=1S/C29H26F3N3O/c1-20-16-21(2)33-26(17-20)28(19-22-10-5-3-6-11-22,23-12-9-13-24(18-23)29(30,31)32)35-27(36)34-25-14-7-4-8-15-25/h3-18H,19H2,1-2H3,(H2,34,35,36). The van der Waals surface area contributed by atoms with Gasteiger partial charge in [-0.05, 0) is 66.9 Å². The molecular weight excluding hydrogens is 463 g/mol. The van der Waals surface area contributed by atoms with E-state index in [0.29, 0.717) is 17.1 Å². The van der Waals surface area contributed by atoms with E-state index in [1.807, 2.05) is 56.3 Å². The number of halogens is 3. The van der Waals surface area contributed by atoms with E-state index < -0.39 is 23.3 Å². The third-order valence-corrected chi connectivity index (χ3v) is 5.89. The van der Waals surface area contributed by atoms with Gasteiger partial charge in [0.1, 0.15) is 5.54 Å². The number of alkyl halides is 3. The van der Waals surface area contributed by atoms with Gasteiger partial charge in [0.15, 0.2) is 0 Å². The molecule has 0 saturated heterocycles. The number of hydrogen-bond donors (Lipinski definition) is 2. The maximum absolute atomic E-state index is 13.7. The number of para-hydroxylation sites is 1. The Morgan fingerprint density at radius 3 is 2.08 bits per heavy atom. The number of carbonyl (C=O) groups is 1. The summed E-state index contributed by atoms with van der Waals surface area (Å²) >= 11 is 0. The topological polar surface area (TPSA) is 54.0 Å². The summed E-state index contributed by atoms with van der Waals surface area (Å²) in [5, 5.41) is 5.81. The number of hydrogen-bond acceptors (Lipinski definition) is 2. The molecule has 0 saturated carbocycles. The van der Waals surface area contributed by atoms with Gasteiger partial charge in [0.2, 0.25) is 0 Å². The van der Waals surface area contributed by atoms with Crippen LogP contribution in [0.5, 0.6) is 0 Å². The first-order chi connectivity index (χ1) is 17.2. The molecule has 7 heteroatoms. The monoisotopic (exact) mass is 489 g/mol. The first kappa shape index (κ1) is 25.0. The number of nitrogens with zero attached hydrogens (tertiary/aromatic N) is 1. The van der Waals surface area contributed by atoms with E-state index >= 15 is 0 Å². The van der Waals surface area contributed by atoms with E-state index in [9.17, 15) is 18.0 Å². The molecule has 2 N–H and O–H groups in total. The molecule has 4 nitrogen and oxygen atoms in total.